The summed E-state index contributed by atoms with van der Waals surface area (Å²) >= 11 is 0. The number of carbonyl (C=O) groups excluding carboxylic acids is 2. The molecule has 20 heavy (non-hydrogen) atoms. The highest BCUT2D eigenvalue weighted by atomic mass is 16.4. The number of nitrogens with two attached hydrogens (primary N) is 1. The molecular weight excluding hydrogens is 262 g/mol. The van der Waals surface area contributed by atoms with Gasteiger partial charge in [0.15, 0.2) is 0 Å². The van der Waals surface area contributed by atoms with E-state index in [1.54, 1.807) is 17.0 Å². The minimum absolute atomic E-state index is 0.0684. The maximum absolute atomic E-state index is 11.5. The molecule has 1 aromatic carbocycles. The van der Waals surface area contributed by atoms with Gasteiger partial charge in [0, 0.05) is 13.1 Å². The number of fused-ring (bicyclic) bond motifs is 1. The SMILES string of the molecule is NC(=O)NC(=O)CN1Cc2ccccc2C(C(=O)O)C1. The smallest absolute Gasteiger partial charge is 0.318 e. The summed E-state index contributed by atoms with van der Waals surface area (Å²) in [6.45, 7) is 0.617. The first-order valence-corrected chi connectivity index (χ1v) is 6.09. The van der Waals surface area contributed by atoms with Crippen LogP contribution in [0.15, 0.2) is 24.3 Å². The van der Waals surface area contributed by atoms with Crippen molar-refractivity contribution in [2.24, 2.45) is 5.73 Å². The molecule has 1 aliphatic heterocycles. The molecule has 1 atom stereocenters. The van der Waals surface area contributed by atoms with Crippen LogP contribution < -0.4 is 11.1 Å². The molecule has 0 radical (unpaired) electrons. The lowest BCUT2D eigenvalue weighted by molar-refractivity contribution is -0.140. The van der Waals surface area contributed by atoms with Gasteiger partial charge >= 0.3 is 12.0 Å². The lowest BCUT2D eigenvalue weighted by atomic mass is 9.90. The molecule has 1 aliphatic rings. The van der Waals surface area contributed by atoms with Gasteiger partial charge in [-0.1, -0.05) is 24.3 Å². The van der Waals surface area contributed by atoms with E-state index >= 15 is 0 Å². The molecule has 2 rings (SSSR count). The second-order valence-electron chi connectivity index (χ2n) is 4.67. The Balaban J connectivity index is 2.14. The van der Waals surface area contributed by atoms with Crippen LogP contribution in [0.2, 0.25) is 0 Å². The zero-order chi connectivity index (χ0) is 14.7. The number of hydrogen-bond donors (Lipinski definition) is 3. The quantitative estimate of drug-likeness (QED) is 0.712. The van der Waals surface area contributed by atoms with E-state index in [0.29, 0.717) is 6.54 Å². The topological polar surface area (TPSA) is 113 Å². The maximum atomic E-state index is 11.5. The molecule has 0 fully saturated rings. The van der Waals surface area contributed by atoms with Crippen LogP contribution in [0.1, 0.15) is 17.0 Å². The highest BCUT2D eigenvalue weighted by molar-refractivity contribution is 5.94. The van der Waals surface area contributed by atoms with Crippen molar-refractivity contribution in [2.45, 2.75) is 12.5 Å². The second kappa shape index (κ2) is 5.70. The number of benzene rings is 1. The predicted octanol–water partition coefficient (Wildman–Crippen LogP) is -0.135. The lowest BCUT2D eigenvalue weighted by Gasteiger charge is -2.32. The third-order valence-corrected chi connectivity index (χ3v) is 3.19. The van der Waals surface area contributed by atoms with E-state index in [1.807, 2.05) is 17.4 Å². The number of primary amides is 1. The summed E-state index contributed by atoms with van der Waals surface area (Å²) in [5, 5.41) is 11.2. The van der Waals surface area contributed by atoms with E-state index in [1.165, 1.54) is 0 Å². The minimum Gasteiger partial charge on any atom is -0.481 e. The summed E-state index contributed by atoms with van der Waals surface area (Å²) in [5.41, 5.74) is 6.51. The predicted molar refractivity (Wildman–Crippen MR) is 69.8 cm³/mol. The zero-order valence-electron chi connectivity index (χ0n) is 10.7. The van der Waals surface area contributed by atoms with E-state index in [-0.39, 0.29) is 13.1 Å². The van der Waals surface area contributed by atoms with Gasteiger partial charge in [0.1, 0.15) is 0 Å². The fourth-order valence-electron chi connectivity index (χ4n) is 2.39. The fraction of sp³-hybridized carbons (Fsp3) is 0.308. The van der Waals surface area contributed by atoms with Crippen LogP contribution in [0.5, 0.6) is 0 Å². The molecule has 0 bridgehead atoms. The minimum atomic E-state index is -0.933. The third kappa shape index (κ3) is 3.12. The Morgan fingerprint density at radius 1 is 1.35 bits per heavy atom. The van der Waals surface area contributed by atoms with Crippen molar-refractivity contribution >= 4 is 17.9 Å². The van der Waals surface area contributed by atoms with Crippen molar-refractivity contribution < 1.29 is 19.5 Å². The van der Waals surface area contributed by atoms with Crippen molar-refractivity contribution in [3.8, 4) is 0 Å². The number of urea groups is 1. The normalized spacial score (nSPS) is 18.1. The summed E-state index contributed by atoms with van der Waals surface area (Å²) in [5.74, 6) is -2.15. The van der Waals surface area contributed by atoms with Gasteiger partial charge in [-0.3, -0.25) is 19.8 Å². The first kappa shape index (κ1) is 14.0. The molecule has 7 heteroatoms. The van der Waals surface area contributed by atoms with E-state index in [9.17, 15) is 19.5 Å². The molecule has 3 amide bonds. The molecule has 1 heterocycles. The van der Waals surface area contributed by atoms with Gasteiger partial charge in [-0.15, -0.1) is 0 Å². The largest absolute Gasteiger partial charge is 0.481 e. The Morgan fingerprint density at radius 2 is 2.05 bits per heavy atom. The fourth-order valence-corrected chi connectivity index (χ4v) is 2.39. The van der Waals surface area contributed by atoms with Crippen molar-refractivity contribution in [3.05, 3.63) is 35.4 Å². The molecule has 0 saturated carbocycles. The van der Waals surface area contributed by atoms with Gasteiger partial charge in [-0.2, -0.15) is 0 Å². The molecule has 0 aromatic heterocycles. The summed E-state index contributed by atoms with van der Waals surface area (Å²) < 4.78 is 0. The summed E-state index contributed by atoms with van der Waals surface area (Å²) in [6.07, 6.45) is 0. The molecule has 4 N–H and O–H groups in total. The van der Waals surface area contributed by atoms with Crippen molar-refractivity contribution in [1.29, 1.82) is 0 Å². The van der Waals surface area contributed by atoms with E-state index < -0.39 is 23.8 Å². The number of aliphatic carboxylic acids is 1. The number of nitrogens with zero attached hydrogens (tertiary/aromatic N) is 1. The Hall–Kier alpha value is -2.41. The molecule has 106 valence electrons. The first-order valence-electron chi connectivity index (χ1n) is 6.09. The summed E-state index contributed by atoms with van der Waals surface area (Å²) in [7, 11) is 0. The number of hydrogen-bond acceptors (Lipinski definition) is 4. The summed E-state index contributed by atoms with van der Waals surface area (Å²) in [4.78, 5) is 35.1. The first-order chi connectivity index (χ1) is 9.47. The molecule has 0 spiro atoms. The van der Waals surface area contributed by atoms with E-state index in [0.717, 1.165) is 11.1 Å². The van der Waals surface area contributed by atoms with Crippen LogP contribution in [0.25, 0.3) is 0 Å². The van der Waals surface area contributed by atoms with Crippen LogP contribution in [0.3, 0.4) is 0 Å². The van der Waals surface area contributed by atoms with Gasteiger partial charge < -0.3 is 10.8 Å². The molecule has 0 aliphatic carbocycles. The Kier molecular flexibility index (Phi) is 3.99. The van der Waals surface area contributed by atoms with Gasteiger partial charge in [0.05, 0.1) is 12.5 Å². The van der Waals surface area contributed by atoms with Crippen molar-refractivity contribution in [1.82, 2.24) is 10.2 Å². The summed E-state index contributed by atoms with van der Waals surface area (Å²) in [6, 6.07) is 6.33. The van der Waals surface area contributed by atoms with Crippen molar-refractivity contribution in [3.63, 3.8) is 0 Å². The number of nitrogens with one attached hydrogen (secondary N) is 1. The van der Waals surface area contributed by atoms with Crippen LogP contribution in [-0.2, 0) is 16.1 Å². The third-order valence-electron chi connectivity index (χ3n) is 3.19. The average Bonchev–Trinajstić information content (AvgIpc) is 2.36. The van der Waals surface area contributed by atoms with Gasteiger partial charge in [-0.25, -0.2) is 4.79 Å². The van der Waals surface area contributed by atoms with E-state index in [2.05, 4.69) is 0 Å². The Bertz CT molecular complexity index is 558. The van der Waals surface area contributed by atoms with Gasteiger partial charge in [0.2, 0.25) is 5.91 Å². The lowest BCUT2D eigenvalue weighted by Crippen LogP contribution is -2.45. The Labute approximate surface area is 115 Å². The zero-order valence-corrected chi connectivity index (χ0v) is 10.7. The van der Waals surface area contributed by atoms with Crippen LogP contribution >= 0.6 is 0 Å². The molecule has 1 unspecified atom stereocenters. The van der Waals surface area contributed by atoms with Crippen LogP contribution in [0, 0.1) is 0 Å². The number of imide groups is 1. The molecule has 0 saturated heterocycles. The number of carboxylic acid groups (broad SMARTS) is 1. The Morgan fingerprint density at radius 3 is 2.70 bits per heavy atom. The number of carboxylic acids is 1. The second-order valence-corrected chi connectivity index (χ2v) is 4.67. The molecule has 7 nitrogen and oxygen atoms in total. The van der Waals surface area contributed by atoms with E-state index in [4.69, 9.17) is 5.73 Å². The standard InChI is InChI=1S/C13H15N3O4/c14-13(20)15-11(17)7-16-5-8-3-1-2-4-9(8)10(6-16)12(18)19/h1-4,10H,5-7H2,(H,18,19)(H3,14,15,17,20). The van der Waals surface area contributed by atoms with Gasteiger partial charge in [0.25, 0.3) is 0 Å². The highest BCUT2D eigenvalue weighted by Crippen LogP contribution is 2.28. The number of carbonyl (C=O) groups is 3. The highest BCUT2D eigenvalue weighted by Gasteiger charge is 2.30. The monoisotopic (exact) mass is 277 g/mol. The van der Waals surface area contributed by atoms with Gasteiger partial charge in [-0.05, 0) is 11.1 Å². The molecule has 1 aromatic rings. The van der Waals surface area contributed by atoms with Crippen molar-refractivity contribution in [2.75, 3.05) is 13.1 Å². The molecular formula is C13H15N3O4. The number of rotatable bonds is 3. The average molecular weight is 277 g/mol. The number of amides is 3. The van der Waals surface area contributed by atoms with Crippen LogP contribution in [-0.4, -0.2) is 41.0 Å². The maximum Gasteiger partial charge on any atom is 0.318 e. The van der Waals surface area contributed by atoms with Crippen LogP contribution in [0.4, 0.5) is 4.79 Å².